The van der Waals surface area contributed by atoms with Crippen LogP contribution in [0.3, 0.4) is 0 Å². The van der Waals surface area contributed by atoms with E-state index in [2.05, 4.69) is 0 Å². The van der Waals surface area contributed by atoms with Crippen molar-refractivity contribution in [1.82, 2.24) is 9.80 Å². The number of likely N-dealkylation sites (tertiary alicyclic amines) is 1. The molecule has 154 valence electrons. The first-order valence-electron chi connectivity index (χ1n) is 9.74. The van der Waals surface area contributed by atoms with Crippen LogP contribution in [0.1, 0.15) is 43.7 Å². The van der Waals surface area contributed by atoms with E-state index >= 15 is 0 Å². The summed E-state index contributed by atoms with van der Waals surface area (Å²) in [7, 11) is 0. The maximum absolute atomic E-state index is 12.5. The van der Waals surface area contributed by atoms with Crippen molar-refractivity contribution in [2.45, 2.75) is 52.5 Å². The number of carbonyl (C=O) groups excluding carboxylic acids is 2. The highest BCUT2D eigenvalue weighted by Crippen LogP contribution is 2.20. The number of carbonyl (C=O) groups is 3. The Morgan fingerprint density at radius 1 is 1.21 bits per heavy atom. The zero-order valence-corrected chi connectivity index (χ0v) is 16.9. The van der Waals surface area contributed by atoms with Gasteiger partial charge in [-0.05, 0) is 44.7 Å². The van der Waals surface area contributed by atoms with Crippen LogP contribution in [-0.2, 0) is 14.4 Å². The van der Waals surface area contributed by atoms with E-state index in [-0.39, 0.29) is 24.4 Å². The standard InChI is InChI=1S/C21H30N2O5/c1-15-6-7-19(16(2)13-15)28-12-9-20(25)22-10-4-5-18(8-11-22)23(17(3)24)14-21(26)27/h6-7,13,18H,4-5,8-12,14H2,1-3H3,(H,26,27). The molecule has 7 nitrogen and oxygen atoms in total. The van der Waals surface area contributed by atoms with Gasteiger partial charge in [0, 0.05) is 26.1 Å². The molecule has 2 rings (SSSR count). The summed E-state index contributed by atoms with van der Waals surface area (Å²) in [6, 6.07) is 5.81. The Balaban J connectivity index is 1.84. The molecule has 1 aliphatic rings. The number of carboxylic acids is 1. The van der Waals surface area contributed by atoms with Gasteiger partial charge in [0.2, 0.25) is 11.8 Å². The molecule has 1 aromatic carbocycles. The largest absolute Gasteiger partial charge is 0.493 e. The van der Waals surface area contributed by atoms with Crippen LogP contribution in [0.4, 0.5) is 0 Å². The van der Waals surface area contributed by atoms with Crippen LogP contribution in [0.15, 0.2) is 18.2 Å². The predicted molar refractivity (Wildman–Crippen MR) is 105 cm³/mol. The van der Waals surface area contributed by atoms with Crippen molar-refractivity contribution in [2.75, 3.05) is 26.2 Å². The number of amides is 2. The second-order valence-corrected chi connectivity index (χ2v) is 7.37. The SMILES string of the molecule is CC(=O)N(CC(=O)O)C1CCCN(C(=O)CCOc2ccc(C)cc2C)CC1. The molecule has 1 aromatic rings. The minimum atomic E-state index is -1.02. The Labute approximate surface area is 166 Å². The molecule has 1 fully saturated rings. The molecule has 0 spiro atoms. The maximum atomic E-state index is 12.5. The smallest absolute Gasteiger partial charge is 0.323 e. The van der Waals surface area contributed by atoms with Crippen LogP contribution < -0.4 is 4.74 Å². The fourth-order valence-electron chi connectivity index (χ4n) is 3.65. The van der Waals surface area contributed by atoms with E-state index in [9.17, 15) is 14.4 Å². The number of aryl methyl sites for hydroxylation is 2. The number of ether oxygens (including phenoxy) is 1. The van der Waals surface area contributed by atoms with Gasteiger partial charge in [-0.2, -0.15) is 0 Å². The molecule has 1 aliphatic heterocycles. The summed E-state index contributed by atoms with van der Waals surface area (Å²) in [5.41, 5.74) is 2.22. The summed E-state index contributed by atoms with van der Waals surface area (Å²) < 4.78 is 5.75. The average Bonchev–Trinajstić information content (AvgIpc) is 2.87. The van der Waals surface area contributed by atoms with Crippen molar-refractivity contribution in [3.05, 3.63) is 29.3 Å². The molecule has 0 radical (unpaired) electrons. The number of hydrogen-bond donors (Lipinski definition) is 1. The van der Waals surface area contributed by atoms with E-state index in [1.54, 1.807) is 4.90 Å². The van der Waals surface area contributed by atoms with E-state index in [0.29, 0.717) is 39.0 Å². The summed E-state index contributed by atoms with van der Waals surface area (Å²) in [4.78, 5) is 38.6. The Bertz CT molecular complexity index is 719. The summed E-state index contributed by atoms with van der Waals surface area (Å²) >= 11 is 0. The lowest BCUT2D eigenvalue weighted by Gasteiger charge is -2.28. The molecule has 0 saturated carbocycles. The van der Waals surface area contributed by atoms with Crippen LogP contribution in [0.2, 0.25) is 0 Å². The first kappa shape index (κ1) is 21.7. The van der Waals surface area contributed by atoms with Gasteiger partial charge in [-0.25, -0.2) is 0 Å². The monoisotopic (exact) mass is 390 g/mol. The third-order valence-corrected chi connectivity index (χ3v) is 5.11. The van der Waals surface area contributed by atoms with Crippen molar-refractivity contribution in [2.24, 2.45) is 0 Å². The number of benzene rings is 1. The predicted octanol–water partition coefficient (Wildman–Crippen LogP) is 2.39. The van der Waals surface area contributed by atoms with Crippen LogP contribution >= 0.6 is 0 Å². The Morgan fingerprint density at radius 2 is 1.96 bits per heavy atom. The molecule has 1 saturated heterocycles. The van der Waals surface area contributed by atoms with Gasteiger partial charge < -0.3 is 19.6 Å². The van der Waals surface area contributed by atoms with Crippen LogP contribution in [-0.4, -0.2) is 65.0 Å². The summed E-state index contributed by atoms with van der Waals surface area (Å²) in [5.74, 6) is -0.442. The van der Waals surface area contributed by atoms with E-state index < -0.39 is 5.97 Å². The summed E-state index contributed by atoms with van der Waals surface area (Å²) in [6.45, 7) is 6.57. The number of aliphatic carboxylic acids is 1. The van der Waals surface area contributed by atoms with Gasteiger partial charge in [-0.1, -0.05) is 17.7 Å². The van der Waals surface area contributed by atoms with Crippen LogP contribution in [0.5, 0.6) is 5.75 Å². The topological polar surface area (TPSA) is 87.2 Å². The zero-order chi connectivity index (χ0) is 20.7. The van der Waals surface area contributed by atoms with E-state index in [4.69, 9.17) is 9.84 Å². The third kappa shape index (κ3) is 6.25. The lowest BCUT2D eigenvalue weighted by molar-refractivity contribution is -0.145. The van der Waals surface area contributed by atoms with Crippen molar-refractivity contribution in [1.29, 1.82) is 0 Å². The highest BCUT2D eigenvalue weighted by atomic mass is 16.5. The Morgan fingerprint density at radius 3 is 2.61 bits per heavy atom. The molecule has 1 N–H and O–H groups in total. The molecule has 0 aromatic heterocycles. The molecule has 7 heteroatoms. The number of rotatable bonds is 7. The van der Waals surface area contributed by atoms with Crippen LogP contribution in [0, 0.1) is 13.8 Å². The quantitative estimate of drug-likeness (QED) is 0.772. The lowest BCUT2D eigenvalue weighted by Crippen LogP contribution is -2.43. The van der Waals surface area contributed by atoms with Gasteiger partial charge in [0.15, 0.2) is 0 Å². The first-order chi connectivity index (χ1) is 13.3. The highest BCUT2D eigenvalue weighted by molar-refractivity contribution is 5.80. The zero-order valence-electron chi connectivity index (χ0n) is 16.9. The fourth-order valence-corrected chi connectivity index (χ4v) is 3.65. The van der Waals surface area contributed by atoms with Crippen LogP contribution in [0.25, 0.3) is 0 Å². The van der Waals surface area contributed by atoms with Crippen molar-refractivity contribution in [3.8, 4) is 5.75 Å². The molecule has 0 aliphatic carbocycles. The average molecular weight is 390 g/mol. The molecule has 0 bridgehead atoms. The molecule has 1 heterocycles. The minimum Gasteiger partial charge on any atom is -0.493 e. The van der Waals surface area contributed by atoms with Crippen molar-refractivity contribution < 1.29 is 24.2 Å². The van der Waals surface area contributed by atoms with Gasteiger partial charge >= 0.3 is 5.97 Å². The molecule has 28 heavy (non-hydrogen) atoms. The molecule has 1 atom stereocenters. The fraction of sp³-hybridized carbons (Fsp3) is 0.571. The summed E-state index contributed by atoms with van der Waals surface area (Å²) in [5, 5.41) is 9.03. The van der Waals surface area contributed by atoms with Crippen molar-refractivity contribution in [3.63, 3.8) is 0 Å². The second-order valence-electron chi connectivity index (χ2n) is 7.37. The number of carboxylic acid groups (broad SMARTS) is 1. The molecular formula is C21H30N2O5. The van der Waals surface area contributed by atoms with Gasteiger partial charge in [-0.15, -0.1) is 0 Å². The van der Waals surface area contributed by atoms with Gasteiger partial charge in [0.05, 0.1) is 13.0 Å². The highest BCUT2D eigenvalue weighted by Gasteiger charge is 2.27. The Hall–Kier alpha value is -2.57. The molecular weight excluding hydrogens is 360 g/mol. The minimum absolute atomic E-state index is 0.0259. The van der Waals surface area contributed by atoms with Gasteiger partial charge in [0.25, 0.3) is 0 Å². The summed E-state index contributed by atoms with van der Waals surface area (Å²) in [6.07, 6.45) is 2.34. The molecule has 2 amide bonds. The third-order valence-electron chi connectivity index (χ3n) is 5.11. The molecule has 1 unspecified atom stereocenters. The Kier molecular flexibility index (Phi) is 7.84. The first-order valence-corrected chi connectivity index (χ1v) is 9.74. The van der Waals surface area contributed by atoms with Gasteiger partial charge in [0.1, 0.15) is 12.3 Å². The maximum Gasteiger partial charge on any atom is 0.323 e. The second kappa shape index (κ2) is 10.1. The lowest BCUT2D eigenvalue weighted by atomic mass is 10.1. The van der Waals surface area contributed by atoms with Gasteiger partial charge in [-0.3, -0.25) is 14.4 Å². The number of nitrogens with zero attached hydrogens (tertiary/aromatic N) is 2. The van der Waals surface area contributed by atoms with E-state index in [0.717, 1.165) is 17.7 Å². The normalized spacial score (nSPS) is 17.0. The number of hydrogen-bond acceptors (Lipinski definition) is 4. The van der Waals surface area contributed by atoms with E-state index in [1.807, 2.05) is 32.0 Å². The van der Waals surface area contributed by atoms with E-state index in [1.165, 1.54) is 17.4 Å². The van der Waals surface area contributed by atoms with Crippen molar-refractivity contribution >= 4 is 17.8 Å².